The summed E-state index contributed by atoms with van der Waals surface area (Å²) in [6, 6.07) is 15.6. The molecule has 0 radical (unpaired) electrons. The van der Waals surface area contributed by atoms with Gasteiger partial charge in [0, 0.05) is 43.0 Å². The Kier molecular flexibility index (Phi) is 12.4. The first-order chi connectivity index (χ1) is 22.9. The van der Waals surface area contributed by atoms with E-state index in [4.69, 9.17) is 9.84 Å². The molecule has 1 aliphatic heterocycles. The van der Waals surface area contributed by atoms with Gasteiger partial charge in [-0.05, 0) is 54.6 Å². The van der Waals surface area contributed by atoms with E-state index in [2.05, 4.69) is 10.4 Å². The summed E-state index contributed by atoms with van der Waals surface area (Å²) in [5.41, 5.74) is 0.387. The molecule has 3 amide bonds. The normalized spacial score (nSPS) is 11.9. The van der Waals surface area contributed by atoms with Gasteiger partial charge in [0.25, 0.3) is 17.7 Å². The number of anilines is 2. The number of nitriles is 1. The second-order valence-corrected chi connectivity index (χ2v) is 10.1. The number of methoxy groups -OCH3 is 1. The Balaban J connectivity index is 0.000000618. The highest BCUT2D eigenvalue weighted by Crippen LogP contribution is 2.37. The van der Waals surface area contributed by atoms with Crippen LogP contribution in [0.15, 0.2) is 72.9 Å². The highest BCUT2D eigenvalue weighted by Gasteiger charge is 2.35. The number of benzene rings is 3. The number of halogens is 3. The Morgan fingerprint density at radius 1 is 1.04 bits per heavy atom. The number of alkyl halides is 2. The SMILES string of the molecule is CC.CN(C)C(=O)CO.COc1ccc(C(=O)Nc2cnn3c2C(=O)N(c2ccc(C(F)(F)c4ccc(F)cc4)cc2)CC3)cc1C#N. The van der Waals surface area contributed by atoms with E-state index in [-0.39, 0.29) is 46.1 Å². The minimum absolute atomic E-state index is 0.129. The molecule has 11 nitrogen and oxygen atoms in total. The number of aliphatic hydroxyl groups is 1. The lowest BCUT2D eigenvalue weighted by Gasteiger charge is -2.28. The number of likely N-dealkylation sites (N-methyl/N-ethyl adjacent to an activating group) is 1. The molecule has 1 aliphatic rings. The molecular formula is C34H35F3N6O5. The summed E-state index contributed by atoms with van der Waals surface area (Å²) >= 11 is 0. The van der Waals surface area contributed by atoms with Gasteiger partial charge in [0.15, 0.2) is 0 Å². The molecule has 0 fully saturated rings. The van der Waals surface area contributed by atoms with Crippen LogP contribution < -0.4 is 15.0 Å². The predicted octanol–water partition coefficient (Wildman–Crippen LogP) is 5.05. The molecule has 0 unspecified atom stereocenters. The molecule has 252 valence electrons. The summed E-state index contributed by atoms with van der Waals surface area (Å²) in [5.74, 6) is -4.94. The van der Waals surface area contributed by atoms with Gasteiger partial charge in [-0.25, -0.2) is 4.39 Å². The fourth-order valence-corrected chi connectivity index (χ4v) is 4.49. The highest BCUT2D eigenvalue weighted by atomic mass is 19.3. The van der Waals surface area contributed by atoms with Crippen LogP contribution in [-0.2, 0) is 17.3 Å². The van der Waals surface area contributed by atoms with Gasteiger partial charge < -0.3 is 25.0 Å². The van der Waals surface area contributed by atoms with Crippen molar-refractivity contribution in [2.24, 2.45) is 0 Å². The van der Waals surface area contributed by atoms with Crippen molar-refractivity contribution >= 4 is 29.1 Å². The van der Waals surface area contributed by atoms with Crippen molar-refractivity contribution < 1.29 is 37.4 Å². The minimum atomic E-state index is -3.36. The van der Waals surface area contributed by atoms with Gasteiger partial charge >= 0.3 is 0 Å². The summed E-state index contributed by atoms with van der Waals surface area (Å²) in [6.07, 6.45) is 1.36. The van der Waals surface area contributed by atoms with Crippen molar-refractivity contribution in [2.75, 3.05) is 44.6 Å². The monoisotopic (exact) mass is 664 g/mol. The molecule has 3 aromatic carbocycles. The lowest BCUT2D eigenvalue weighted by Crippen LogP contribution is -2.41. The van der Waals surface area contributed by atoms with E-state index in [1.54, 1.807) is 14.1 Å². The fourth-order valence-electron chi connectivity index (χ4n) is 4.49. The van der Waals surface area contributed by atoms with Crippen LogP contribution in [-0.4, -0.2) is 71.9 Å². The topological polar surface area (TPSA) is 141 Å². The van der Waals surface area contributed by atoms with E-state index < -0.39 is 30.2 Å². The second-order valence-electron chi connectivity index (χ2n) is 10.1. The maximum Gasteiger partial charge on any atom is 0.298 e. The van der Waals surface area contributed by atoms with E-state index in [1.165, 1.54) is 70.3 Å². The quantitative estimate of drug-likeness (QED) is 0.282. The van der Waals surface area contributed by atoms with Crippen molar-refractivity contribution in [3.63, 3.8) is 0 Å². The average molecular weight is 665 g/mol. The van der Waals surface area contributed by atoms with Crippen LogP contribution in [0.2, 0.25) is 0 Å². The molecule has 48 heavy (non-hydrogen) atoms. The third-order valence-electron chi connectivity index (χ3n) is 7.04. The number of rotatable bonds is 7. The summed E-state index contributed by atoms with van der Waals surface area (Å²) in [6.45, 7) is 4.15. The lowest BCUT2D eigenvalue weighted by atomic mass is 10.00. The molecule has 2 heterocycles. The second kappa shape index (κ2) is 16.2. The third-order valence-corrected chi connectivity index (χ3v) is 7.04. The van der Waals surface area contributed by atoms with Crippen LogP contribution in [0.1, 0.15) is 51.4 Å². The van der Waals surface area contributed by atoms with Gasteiger partial charge in [0.2, 0.25) is 5.91 Å². The third kappa shape index (κ3) is 8.18. The molecule has 4 aromatic rings. The standard InChI is InChI=1S/C28H20F3N5O3.C4H9NO2.C2H6/c1-39-24-11-2-17(14-18(24)15-32)26(37)34-23-16-33-36-13-12-35(27(38)25(23)36)22-9-5-20(6-10-22)28(30,31)19-3-7-21(29)8-4-19;1-5(2)4(7)3-6;1-2/h2-11,14,16H,12-13H2,1H3,(H,34,37);6H,3H2,1-2H3;1-2H3. The molecule has 1 aromatic heterocycles. The molecule has 0 spiro atoms. The molecule has 2 N–H and O–H groups in total. The number of carbonyl (C=O) groups excluding carboxylic acids is 3. The maximum absolute atomic E-state index is 15.0. The molecule has 0 saturated heterocycles. The Morgan fingerprint density at radius 3 is 2.17 bits per heavy atom. The number of hydrogen-bond acceptors (Lipinski definition) is 7. The number of carbonyl (C=O) groups is 3. The zero-order valence-corrected chi connectivity index (χ0v) is 27.0. The largest absolute Gasteiger partial charge is 0.495 e. The number of nitrogens with zero attached hydrogens (tertiary/aromatic N) is 5. The summed E-state index contributed by atoms with van der Waals surface area (Å²) in [4.78, 5) is 39.2. The van der Waals surface area contributed by atoms with Gasteiger partial charge in [-0.3, -0.25) is 19.1 Å². The van der Waals surface area contributed by atoms with Crippen molar-refractivity contribution in [2.45, 2.75) is 26.3 Å². The van der Waals surface area contributed by atoms with Gasteiger partial charge in [0.1, 0.15) is 29.9 Å². The summed E-state index contributed by atoms with van der Waals surface area (Å²) in [5, 5.41) is 24.3. The van der Waals surface area contributed by atoms with Crippen LogP contribution in [0.25, 0.3) is 0 Å². The van der Waals surface area contributed by atoms with Crippen molar-refractivity contribution in [3.8, 4) is 11.8 Å². The Hall–Kier alpha value is -5.68. The smallest absolute Gasteiger partial charge is 0.298 e. The van der Waals surface area contributed by atoms with Crippen LogP contribution in [0.5, 0.6) is 5.75 Å². The number of hydrogen-bond donors (Lipinski definition) is 2. The Labute approximate surface area is 275 Å². The number of nitrogens with one attached hydrogen (secondary N) is 1. The van der Waals surface area contributed by atoms with E-state index in [1.807, 2.05) is 19.9 Å². The lowest BCUT2D eigenvalue weighted by molar-refractivity contribution is -0.131. The van der Waals surface area contributed by atoms with Crippen molar-refractivity contribution in [3.05, 3.63) is 107 Å². The molecule has 0 saturated carbocycles. The number of fused-ring (bicyclic) bond motifs is 1. The van der Waals surface area contributed by atoms with Crippen LogP contribution in [0.3, 0.4) is 0 Å². The molecule has 0 aliphatic carbocycles. The number of aliphatic hydroxyl groups excluding tert-OH is 1. The molecule has 0 atom stereocenters. The fraction of sp³-hybridized carbons (Fsp3) is 0.265. The van der Waals surface area contributed by atoms with Gasteiger partial charge in [0.05, 0.1) is 31.1 Å². The molecule has 14 heteroatoms. The average Bonchev–Trinajstić information content (AvgIpc) is 3.52. The van der Waals surface area contributed by atoms with Gasteiger partial charge in [-0.1, -0.05) is 26.0 Å². The van der Waals surface area contributed by atoms with E-state index in [9.17, 15) is 32.8 Å². The van der Waals surface area contributed by atoms with Crippen molar-refractivity contribution in [1.82, 2.24) is 14.7 Å². The van der Waals surface area contributed by atoms with Crippen molar-refractivity contribution in [1.29, 1.82) is 5.26 Å². The van der Waals surface area contributed by atoms with Crippen LogP contribution >= 0.6 is 0 Å². The Bertz CT molecular complexity index is 1780. The first kappa shape index (κ1) is 36.8. The zero-order chi connectivity index (χ0) is 35.6. The van der Waals surface area contributed by atoms with E-state index in [0.29, 0.717) is 18.0 Å². The van der Waals surface area contributed by atoms with Gasteiger partial charge in [-0.2, -0.15) is 19.1 Å². The molecular weight excluding hydrogens is 629 g/mol. The molecule has 5 rings (SSSR count). The number of aromatic nitrogens is 2. The van der Waals surface area contributed by atoms with Crippen LogP contribution in [0, 0.1) is 17.1 Å². The van der Waals surface area contributed by atoms with Gasteiger partial charge in [-0.15, -0.1) is 0 Å². The highest BCUT2D eigenvalue weighted by molar-refractivity contribution is 6.13. The number of ether oxygens (including phenoxy) is 1. The summed E-state index contributed by atoms with van der Waals surface area (Å²) in [7, 11) is 4.61. The van der Waals surface area contributed by atoms with E-state index >= 15 is 0 Å². The Morgan fingerprint density at radius 2 is 1.65 bits per heavy atom. The maximum atomic E-state index is 15.0. The molecule has 0 bridgehead atoms. The first-order valence-electron chi connectivity index (χ1n) is 14.7. The number of amides is 3. The first-order valence-corrected chi connectivity index (χ1v) is 14.7. The minimum Gasteiger partial charge on any atom is -0.495 e. The van der Waals surface area contributed by atoms with E-state index in [0.717, 1.165) is 24.3 Å². The predicted molar refractivity (Wildman–Crippen MR) is 173 cm³/mol. The van der Waals surface area contributed by atoms with Crippen LogP contribution in [0.4, 0.5) is 24.5 Å². The zero-order valence-electron chi connectivity index (χ0n) is 27.0. The summed E-state index contributed by atoms with van der Waals surface area (Å²) < 4.78 is 49.6.